The Bertz CT molecular complexity index is 587. The SMILES string of the molecule is O=C(O)CCn1nnnc1-c1ccc(F)cc1Cl. The average Bonchev–Trinajstić information content (AvgIpc) is 2.74. The second-order valence-electron chi connectivity index (χ2n) is 3.49. The molecule has 8 heteroatoms. The van der Waals surface area contributed by atoms with Crippen LogP contribution in [0.3, 0.4) is 0 Å². The van der Waals surface area contributed by atoms with Crippen LogP contribution in [0.1, 0.15) is 6.42 Å². The molecular weight excluding hydrogens is 263 g/mol. The third kappa shape index (κ3) is 2.62. The van der Waals surface area contributed by atoms with Gasteiger partial charge in [-0.15, -0.1) is 5.10 Å². The normalized spacial score (nSPS) is 10.6. The second kappa shape index (κ2) is 5.09. The molecule has 1 N–H and O–H groups in total. The summed E-state index contributed by atoms with van der Waals surface area (Å²) < 4.78 is 14.2. The van der Waals surface area contributed by atoms with Gasteiger partial charge in [-0.3, -0.25) is 4.79 Å². The standard InChI is InChI=1S/C10H8ClFN4O2/c11-8-5-6(12)1-2-7(8)10-13-14-15-16(10)4-3-9(17)18/h1-2,5H,3-4H2,(H,17,18). The molecule has 0 fully saturated rings. The highest BCUT2D eigenvalue weighted by Crippen LogP contribution is 2.26. The fourth-order valence-corrected chi connectivity index (χ4v) is 1.67. The first kappa shape index (κ1) is 12.4. The zero-order valence-corrected chi connectivity index (χ0v) is 9.80. The maximum atomic E-state index is 12.9. The van der Waals surface area contributed by atoms with E-state index in [-0.39, 0.29) is 18.0 Å². The molecule has 0 amide bonds. The minimum atomic E-state index is -0.957. The van der Waals surface area contributed by atoms with E-state index in [1.807, 2.05) is 0 Å². The van der Waals surface area contributed by atoms with Gasteiger partial charge < -0.3 is 5.11 Å². The van der Waals surface area contributed by atoms with E-state index >= 15 is 0 Å². The van der Waals surface area contributed by atoms with Gasteiger partial charge in [0.05, 0.1) is 18.0 Å². The summed E-state index contributed by atoms with van der Waals surface area (Å²) >= 11 is 5.89. The lowest BCUT2D eigenvalue weighted by Gasteiger charge is -2.04. The van der Waals surface area contributed by atoms with Crippen LogP contribution in [-0.4, -0.2) is 31.3 Å². The maximum absolute atomic E-state index is 12.9. The first-order valence-electron chi connectivity index (χ1n) is 5.01. The Hall–Kier alpha value is -2.02. The number of aromatic nitrogens is 4. The van der Waals surface area contributed by atoms with Gasteiger partial charge in [-0.05, 0) is 28.6 Å². The van der Waals surface area contributed by atoms with Gasteiger partial charge in [-0.2, -0.15) is 0 Å². The van der Waals surface area contributed by atoms with Crippen molar-refractivity contribution in [3.05, 3.63) is 29.0 Å². The first-order chi connectivity index (χ1) is 8.58. The number of benzene rings is 1. The van der Waals surface area contributed by atoms with E-state index in [9.17, 15) is 9.18 Å². The van der Waals surface area contributed by atoms with E-state index in [1.54, 1.807) is 0 Å². The number of aliphatic carboxylic acids is 1. The highest BCUT2D eigenvalue weighted by molar-refractivity contribution is 6.33. The third-order valence-electron chi connectivity index (χ3n) is 2.24. The van der Waals surface area contributed by atoms with E-state index in [2.05, 4.69) is 15.5 Å². The molecule has 18 heavy (non-hydrogen) atoms. The molecule has 1 aromatic heterocycles. The number of carboxylic acids is 1. The molecule has 1 heterocycles. The van der Waals surface area contributed by atoms with Crippen LogP contribution in [0, 0.1) is 5.82 Å². The van der Waals surface area contributed by atoms with E-state index in [0.29, 0.717) is 11.4 Å². The lowest BCUT2D eigenvalue weighted by Crippen LogP contribution is -2.08. The second-order valence-corrected chi connectivity index (χ2v) is 3.90. The zero-order valence-electron chi connectivity index (χ0n) is 9.05. The van der Waals surface area contributed by atoms with Crippen molar-refractivity contribution in [1.82, 2.24) is 20.2 Å². The summed E-state index contributed by atoms with van der Waals surface area (Å²) in [6, 6.07) is 3.82. The molecule has 6 nitrogen and oxygen atoms in total. The molecule has 1 aromatic carbocycles. The summed E-state index contributed by atoms with van der Waals surface area (Å²) in [6.07, 6.45) is -0.114. The number of hydrogen-bond acceptors (Lipinski definition) is 4. The van der Waals surface area contributed by atoms with Crippen molar-refractivity contribution in [2.75, 3.05) is 0 Å². The molecule has 94 valence electrons. The van der Waals surface area contributed by atoms with Crippen molar-refractivity contribution in [3.63, 3.8) is 0 Å². The summed E-state index contributed by atoms with van der Waals surface area (Å²) in [5, 5.41) is 19.7. The molecule has 2 aromatic rings. The molecular formula is C10H8ClFN4O2. The molecule has 0 aliphatic carbocycles. The summed E-state index contributed by atoms with van der Waals surface area (Å²) in [5.74, 6) is -1.11. The van der Waals surface area contributed by atoms with Crippen molar-refractivity contribution in [3.8, 4) is 11.4 Å². The summed E-state index contributed by atoms with van der Waals surface area (Å²) in [7, 11) is 0. The van der Waals surface area contributed by atoms with Crippen LogP contribution in [0.2, 0.25) is 5.02 Å². The van der Waals surface area contributed by atoms with Crippen LogP contribution >= 0.6 is 11.6 Å². The molecule has 2 rings (SSSR count). The molecule has 0 unspecified atom stereocenters. The molecule has 0 spiro atoms. The van der Waals surface area contributed by atoms with E-state index < -0.39 is 11.8 Å². The number of rotatable bonds is 4. The Morgan fingerprint density at radius 1 is 1.50 bits per heavy atom. The van der Waals surface area contributed by atoms with Crippen LogP contribution in [0.5, 0.6) is 0 Å². The van der Waals surface area contributed by atoms with Gasteiger partial charge in [0.15, 0.2) is 5.82 Å². The molecule has 0 aliphatic rings. The van der Waals surface area contributed by atoms with Gasteiger partial charge in [0.2, 0.25) is 0 Å². The Kier molecular flexibility index (Phi) is 3.52. The summed E-state index contributed by atoms with van der Waals surface area (Å²) in [4.78, 5) is 10.5. The Labute approximate surface area is 106 Å². The number of carboxylic acid groups (broad SMARTS) is 1. The Morgan fingerprint density at radius 2 is 2.28 bits per heavy atom. The van der Waals surface area contributed by atoms with Gasteiger partial charge in [0, 0.05) is 5.56 Å². The first-order valence-corrected chi connectivity index (χ1v) is 5.39. The zero-order chi connectivity index (χ0) is 13.1. The third-order valence-corrected chi connectivity index (χ3v) is 2.55. The van der Waals surface area contributed by atoms with E-state index in [4.69, 9.17) is 16.7 Å². The van der Waals surface area contributed by atoms with Gasteiger partial charge >= 0.3 is 5.97 Å². The minimum Gasteiger partial charge on any atom is -0.481 e. The van der Waals surface area contributed by atoms with Crippen molar-refractivity contribution < 1.29 is 14.3 Å². The molecule has 0 atom stereocenters. The maximum Gasteiger partial charge on any atom is 0.305 e. The van der Waals surface area contributed by atoms with E-state index in [1.165, 1.54) is 16.8 Å². The van der Waals surface area contributed by atoms with Crippen molar-refractivity contribution in [1.29, 1.82) is 0 Å². The average molecular weight is 271 g/mol. The van der Waals surface area contributed by atoms with Crippen molar-refractivity contribution in [2.24, 2.45) is 0 Å². The van der Waals surface area contributed by atoms with Gasteiger partial charge in [-0.25, -0.2) is 9.07 Å². The largest absolute Gasteiger partial charge is 0.481 e. The summed E-state index contributed by atoms with van der Waals surface area (Å²) in [6.45, 7) is 0.116. The number of tetrazole rings is 1. The smallest absolute Gasteiger partial charge is 0.305 e. The Balaban J connectivity index is 2.33. The molecule has 0 saturated carbocycles. The Morgan fingerprint density at radius 3 is 2.94 bits per heavy atom. The van der Waals surface area contributed by atoms with Gasteiger partial charge in [0.25, 0.3) is 0 Å². The monoisotopic (exact) mass is 270 g/mol. The highest BCUT2D eigenvalue weighted by Gasteiger charge is 2.13. The molecule has 0 aliphatic heterocycles. The molecule has 0 radical (unpaired) electrons. The number of carbonyl (C=O) groups is 1. The molecule has 0 bridgehead atoms. The van der Waals surface area contributed by atoms with Crippen LogP contribution in [0.15, 0.2) is 18.2 Å². The molecule has 0 saturated heterocycles. The topological polar surface area (TPSA) is 80.9 Å². The fraction of sp³-hybridized carbons (Fsp3) is 0.200. The lowest BCUT2D eigenvalue weighted by atomic mass is 10.2. The van der Waals surface area contributed by atoms with Gasteiger partial charge in [0.1, 0.15) is 5.82 Å². The van der Waals surface area contributed by atoms with Crippen molar-refractivity contribution >= 4 is 17.6 Å². The number of hydrogen-bond donors (Lipinski definition) is 1. The predicted molar refractivity (Wildman–Crippen MR) is 60.5 cm³/mol. The van der Waals surface area contributed by atoms with Crippen LogP contribution in [0.25, 0.3) is 11.4 Å². The van der Waals surface area contributed by atoms with Crippen LogP contribution < -0.4 is 0 Å². The number of halogens is 2. The van der Waals surface area contributed by atoms with E-state index in [0.717, 1.165) is 6.07 Å². The fourth-order valence-electron chi connectivity index (χ4n) is 1.42. The minimum absolute atomic E-state index is 0.114. The highest BCUT2D eigenvalue weighted by atomic mass is 35.5. The number of nitrogens with zero attached hydrogens (tertiary/aromatic N) is 4. The van der Waals surface area contributed by atoms with Gasteiger partial charge in [-0.1, -0.05) is 11.6 Å². The predicted octanol–water partition coefficient (Wildman–Crippen LogP) is 1.61. The number of aryl methyl sites for hydroxylation is 1. The van der Waals surface area contributed by atoms with Crippen molar-refractivity contribution in [2.45, 2.75) is 13.0 Å². The summed E-state index contributed by atoms with van der Waals surface area (Å²) in [5.41, 5.74) is 0.452. The van der Waals surface area contributed by atoms with Crippen LogP contribution in [-0.2, 0) is 11.3 Å². The quantitative estimate of drug-likeness (QED) is 0.913. The van der Waals surface area contributed by atoms with Crippen LogP contribution in [0.4, 0.5) is 4.39 Å². The lowest BCUT2D eigenvalue weighted by molar-refractivity contribution is -0.137.